The molecule has 0 spiro atoms. The number of ketones is 1. The largest absolute Gasteiger partial charge is 0.455 e. The molecular weight excluding hydrogens is 251 g/mol. The molecule has 3 rings (SSSR count). The number of hydrogen-bond acceptors (Lipinski definition) is 5. The molecule has 98 valence electrons. The van der Waals surface area contributed by atoms with Crippen LogP contribution in [0.15, 0.2) is 4.52 Å². The van der Waals surface area contributed by atoms with Crippen molar-refractivity contribution in [2.45, 2.75) is 43.9 Å². The molecule has 0 N–H and O–H groups in total. The molecule has 8 heteroatoms. The minimum atomic E-state index is -4.60. The van der Waals surface area contributed by atoms with Gasteiger partial charge in [0.1, 0.15) is 5.78 Å². The Hall–Kier alpha value is -1.60. The van der Waals surface area contributed by atoms with Gasteiger partial charge in [0, 0.05) is 24.9 Å². The molecule has 1 aromatic rings. The van der Waals surface area contributed by atoms with E-state index in [4.69, 9.17) is 0 Å². The summed E-state index contributed by atoms with van der Waals surface area (Å²) in [5.41, 5.74) is 0. The van der Waals surface area contributed by atoms with Crippen LogP contribution in [0.25, 0.3) is 0 Å². The number of hydrogen-bond donors (Lipinski definition) is 0. The molecule has 2 fully saturated rings. The number of Topliss-reactive ketones (excluding diaryl/α,β-unsaturated/α-hetero) is 1. The van der Waals surface area contributed by atoms with Gasteiger partial charge in [-0.25, -0.2) is 0 Å². The van der Waals surface area contributed by atoms with Crippen LogP contribution in [0.1, 0.15) is 31.5 Å². The van der Waals surface area contributed by atoms with Crippen LogP contribution in [0.4, 0.5) is 19.2 Å². The van der Waals surface area contributed by atoms with E-state index in [-0.39, 0.29) is 23.9 Å². The normalized spacial score (nSPS) is 27.9. The van der Waals surface area contributed by atoms with Crippen molar-refractivity contribution in [2.75, 3.05) is 4.90 Å². The molecule has 1 aromatic heterocycles. The summed E-state index contributed by atoms with van der Waals surface area (Å²) in [6.07, 6.45) is -2.35. The first-order valence-electron chi connectivity index (χ1n) is 5.66. The molecule has 18 heavy (non-hydrogen) atoms. The van der Waals surface area contributed by atoms with Crippen LogP contribution in [0.3, 0.4) is 0 Å². The summed E-state index contributed by atoms with van der Waals surface area (Å²) >= 11 is 0. The van der Waals surface area contributed by atoms with Gasteiger partial charge in [-0.3, -0.25) is 4.79 Å². The van der Waals surface area contributed by atoms with Gasteiger partial charge >= 0.3 is 12.2 Å². The lowest BCUT2D eigenvalue weighted by atomic mass is 10.0. The Morgan fingerprint density at radius 3 is 2.33 bits per heavy atom. The highest BCUT2D eigenvalue weighted by atomic mass is 19.4. The lowest BCUT2D eigenvalue weighted by Gasteiger charge is -2.31. The molecule has 0 aromatic carbocycles. The average molecular weight is 261 g/mol. The first-order valence-corrected chi connectivity index (χ1v) is 5.66. The van der Waals surface area contributed by atoms with Crippen LogP contribution >= 0.6 is 0 Å². The molecule has 2 saturated heterocycles. The number of carbonyl (C=O) groups is 1. The van der Waals surface area contributed by atoms with Crippen molar-refractivity contribution in [3.63, 3.8) is 0 Å². The minimum Gasteiger partial charge on any atom is -0.318 e. The number of rotatable bonds is 1. The molecule has 0 saturated carbocycles. The van der Waals surface area contributed by atoms with E-state index in [1.165, 1.54) is 0 Å². The van der Waals surface area contributed by atoms with Crippen LogP contribution in [-0.4, -0.2) is 28.0 Å². The Bertz CT molecular complexity index is 469. The number of nitrogens with zero attached hydrogens (tertiary/aromatic N) is 3. The first-order chi connectivity index (χ1) is 8.45. The zero-order valence-corrected chi connectivity index (χ0v) is 9.28. The van der Waals surface area contributed by atoms with Crippen molar-refractivity contribution in [2.24, 2.45) is 0 Å². The molecule has 3 heterocycles. The molecule has 2 aliphatic rings. The smallest absolute Gasteiger partial charge is 0.318 e. The average Bonchev–Trinajstić information content (AvgIpc) is 2.81. The predicted molar refractivity (Wildman–Crippen MR) is 52.8 cm³/mol. The Kier molecular flexibility index (Phi) is 2.36. The molecule has 2 atom stereocenters. The Morgan fingerprint density at radius 2 is 1.83 bits per heavy atom. The lowest BCUT2D eigenvalue weighted by molar-refractivity contribution is -0.146. The molecule has 2 bridgehead atoms. The van der Waals surface area contributed by atoms with Crippen LogP contribution in [0.2, 0.25) is 0 Å². The molecule has 0 radical (unpaired) electrons. The molecule has 5 nitrogen and oxygen atoms in total. The highest BCUT2D eigenvalue weighted by Gasteiger charge is 2.44. The van der Waals surface area contributed by atoms with Crippen LogP contribution in [0.5, 0.6) is 0 Å². The van der Waals surface area contributed by atoms with Gasteiger partial charge in [-0.1, -0.05) is 0 Å². The van der Waals surface area contributed by atoms with E-state index in [1.54, 1.807) is 4.90 Å². The Balaban J connectivity index is 1.88. The minimum absolute atomic E-state index is 0.0993. The van der Waals surface area contributed by atoms with Gasteiger partial charge < -0.3 is 9.42 Å². The number of anilines is 1. The van der Waals surface area contributed by atoms with E-state index in [1.807, 2.05) is 0 Å². The van der Waals surface area contributed by atoms with Gasteiger partial charge in [0.2, 0.25) is 0 Å². The maximum atomic E-state index is 12.4. The van der Waals surface area contributed by atoms with E-state index in [9.17, 15) is 18.0 Å². The zero-order chi connectivity index (χ0) is 12.9. The quantitative estimate of drug-likeness (QED) is 0.771. The SMILES string of the molecule is O=C1CC2CCC(C1)N2c1nc(C(F)(F)F)no1. The van der Waals surface area contributed by atoms with Gasteiger partial charge in [0.25, 0.3) is 5.82 Å². The number of aromatic nitrogens is 2. The van der Waals surface area contributed by atoms with Crippen molar-refractivity contribution in [3.05, 3.63) is 5.82 Å². The van der Waals surface area contributed by atoms with Gasteiger partial charge in [0.15, 0.2) is 0 Å². The lowest BCUT2D eigenvalue weighted by Crippen LogP contribution is -2.43. The molecule has 0 amide bonds. The second kappa shape index (κ2) is 3.69. The summed E-state index contributed by atoms with van der Waals surface area (Å²) in [7, 11) is 0. The maximum Gasteiger partial charge on any atom is 0.455 e. The summed E-state index contributed by atoms with van der Waals surface area (Å²) < 4.78 is 41.8. The van der Waals surface area contributed by atoms with Crippen molar-refractivity contribution in [1.82, 2.24) is 10.1 Å². The topological polar surface area (TPSA) is 59.2 Å². The van der Waals surface area contributed by atoms with Crippen molar-refractivity contribution in [1.29, 1.82) is 0 Å². The highest BCUT2D eigenvalue weighted by Crippen LogP contribution is 2.38. The summed E-state index contributed by atoms with van der Waals surface area (Å²) in [6, 6.07) is -0.321. The molecule has 2 unspecified atom stereocenters. The third kappa shape index (κ3) is 1.75. The van der Waals surface area contributed by atoms with E-state index in [2.05, 4.69) is 14.7 Å². The van der Waals surface area contributed by atoms with Crippen molar-refractivity contribution >= 4 is 11.8 Å². The van der Waals surface area contributed by atoms with E-state index >= 15 is 0 Å². The second-order valence-electron chi connectivity index (χ2n) is 4.64. The summed E-state index contributed by atoms with van der Waals surface area (Å²) in [5, 5.41) is 2.94. The Labute approximate surface area is 99.9 Å². The standard InChI is InChI=1S/C10H10F3N3O2/c11-10(12,13)8-14-9(18-15-8)16-5-1-2-6(16)4-7(17)3-5/h5-6H,1-4H2. The molecular formula is C10H10F3N3O2. The Morgan fingerprint density at radius 1 is 1.22 bits per heavy atom. The van der Waals surface area contributed by atoms with Gasteiger partial charge in [-0.05, 0) is 18.0 Å². The predicted octanol–water partition coefficient (Wildman–Crippen LogP) is 1.79. The van der Waals surface area contributed by atoms with Crippen LogP contribution in [-0.2, 0) is 11.0 Å². The van der Waals surface area contributed by atoms with E-state index < -0.39 is 12.0 Å². The van der Waals surface area contributed by atoms with E-state index in [0.29, 0.717) is 12.8 Å². The second-order valence-corrected chi connectivity index (χ2v) is 4.64. The molecule has 0 aliphatic carbocycles. The van der Waals surface area contributed by atoms with Gasteiger partial charge in [-0.2, -0.15) is 18.2 Å². The van der Waals surface area contributed by atoms with Gasteiger partial charge in [0.05, 0.1) is 0 Å². The van der Waals surface area contributed by atoms with Gasteiger partial charge in [-0.15, -0.1) is 0 Å². The van der Waals surface area contributed by atoms with Crippen molar-refractivity contribution in [3.8, 4) is 0 Å². The molecule has 2 aliphatic heterocycles. The number of alkyl halides is 3. The summed E-state index contributed by atoms with van der Waals surface area (Å²) in [6.45, 7) is 0. The monoisotopic (exact) mass is 261 g/mol. The highest BCUT2D eigenvalue weighted by molar-refractivity contribution is 5.82. The number of halogens is 3. The summed E-state index contributed by atoms with van der Waals surface area (Å²) in [5.74, 6) is -1.12. The number of piperidine rings is 1. The zero-order valence-electron chi connectivity index (χ0n) is 9.28. The van der Waals surface area contributed by atoms with Crippen LogP contribution in [0, 0.1) is 0 Å². The summed E-state index contributed by atoms with van der Waals surface area (Å²) in [4.78, 5) is 16.4. The number of fused-ring (bicyclic) bond motifs is 2. The third-order valence-electron chi connectivity index (χ3n) is 3.44. The fraction of sp³-hybridized carbons (Fsp3) is 0.700. The number of carbonyl (C=O) groups excluding carboxylic acids is 1. The van der Waals surface area contributed by atoms with E-state index in [0.717, 1.165) is 12.8 Å². The van der Waals surface area contributed by atoms with Crippen molar-refractivity contribution < 1.29 is 22.5 Å². The fourth-order valence-corrected chi connectivity index (χ4v) is 2.72. The van der Waals surface area contributed by atoms with Crippen LogP contribution < -0.4 is 4.90 Å². The maximum absolute atomic E-state index is 12.4. The first kappa shape index (κ1) is 11.5. The fourth-order valence-electron chi connectivity index (χ4n) is 2.72. The third-order valence-corrected chi connectivity index (χ3v) is 3.44.